The summed E-state index contributed by atoms with van der Waals surface area (Å²) in [5.41, 5.74) is 1.55. The number of Topliss-reactive ketones (excluding diaryl/α,β-unsaturated/α-hetero) is 1. The SMILES string of the molecule is COc1cc(S(=O)(=O)NC2COC2)ccc1CC(=O)[C@H](Cc1ccccc1)NC(=O)c1ccc(F)cc1. The molecule has 1 aliphatic rings. The highest BCUT2D eigenvalue weighted by Crippen LogP contribution is 2.25. The fraction of sp³-hybridized carbons (Fsp3) is 0.259. The van der Waals surface area contributed by atoms with E-state index in [1.807, 2.05) is 30.3 Å². The van der Waals surface area contributed by atoms with Crippen molar-refractivity contribution in [2.75, 3.05) is 20.3 Å². The van der Waals surface area contributed by atoms with Crippen LogP contribution in [0.3, 0.4) is 0 Å². The third kappa shape index (κ3) is 6.79. The average molecular weight is 527 g/mol. The standard InChI is InChI=1S/C27H27FN2O6S/c1-35-26-15-23(37(33,34)30-22-16-36-17-22)12-9-20(26)14-25(31)24(13-18-5-3-2-4-6-18)29-27(32)19-7-10-21(28)11-8-19/h2-12,15,22,24,30H,13-14,16-17H2,1H3,(H,29,32)/t24-/m0/s1. The van der Waals surface area contributed by atoms with Crippen molar-refractivity contribution < 1.29 is 31.9 Å². The maximum absolute atomic E-state index is 13.4. The minimum Gasteiger partial charge on any atom is -0.496 e. The van der Waals surface area contributed by atoms with Crippen molar-refractivity contribution in [2.24, 2.45) is 0 Å². The van der Waals surface area contributed by atoms with Gasteiger partial charge in [-0.2, -0.15) is 0 Å². The van der Waals surface area contributed by atoms with Crippen molar-refractivity contribution >= 4 is 21.7 Å². The molecule has 0 spiro atoms. The van der Waals surface area contributed by atoms with E-state index in [9.17, 15) is 22.4 Å². The van der Waals surface area contributed by atoms with Gasteiger partial charge in [-0.3, -0.25) is 9.59 Å². The van der Waals surface area contributed by atoms with Crippen LogP contribution in [0.25, 0.3) is 0 Å². The van der Waals surface area contributed by atoms with E-state index in [0.29, 0.717) is 18.8 Å². The first-order valence-corrected chi connectivity index (χ1v) is 13.1. The summed E-state index contributed by atoms with van der Waals surface area (Å²) in [5.74, 6) is -1.03. The normalized spacial score (nSPS) is 14.4. The van der Waals surface area contributed by atoms with Gasteiger partial charge in [-0.1, -0.05) is 36.4 Å². The minimum absolute atomic E-state index is 0.0119. The molecular weight excluding hydrogens is 499 g/mol. The molecule has 8 nitrogen and oxygen atoms in total. The average Bonchev–Trinajstić information content (AvgIpc) is 2.87. The molecule has 0 radical (unpaired) electrons. The largest absolute Gasteiger partial charge is 0.496 e. The van der Waals surface area contributed by atoms with Crippen LogP contribution in [-0.4, -0.2) is 52.5 Å². The summed E-state index contributed by atoms with van der Waals surface area (Å²) >= 11 is 0. The molecule has 2 N–H and O–H groups in total. The number of halogens is 1. The summed E-state index contributed by atoms with van der Waals surface area (Å²) in [6, 6.07) is 17.4. The Morgan fingerprint density at radius 1 is 1.05 bits per heavy atom. The van der Waals surface area contributed by atoms with Gasteiger partial charge in [0.25, 0.3) is 5.91 Å². The first kappa shape index (κ1) is 26.5. The molecule has 1 amide bonds. The number of benzene rings is 3. The van der Waals surface area contributed by atoms with Crippen molar-refractivity contribution in [2.45, 2.75) is 29.8 Å². The van der Waals surface area contributed by atoms with Crippen LogP contribution in [0.1, 0.15) is 21.5 Å². The number of hydrogen-bond acceptors (Lipinski definition) is 6. The third-order valence-electron chi connectivity index (χ3n) is 5.98. The zero-order valence-electron chi connectivity index (χ0n) is 20.1. The Morgan fingerprint density at radius 3 is 2.38 bits per heavy atom. The van der Waals surface area contributed by atoms with E-state index in [0.717, 1.165) is 5.56 Å². The second kappa shape index (κ2) is 11.6. The molecule has 0 unspecified atom stereocenters. The second-order valence-corrected chi connectivity index (χ2v) is 10.4. The fourth-order valence-electron chi connectivity index (χ4n) is 3.88. The number of ether oxygens (including phenoxy) is 2. The number of carbonyl (C=O) groups excluding carboxylic acids is 2. The molecule has 1 heterocycles. The number of sulfonamides is 1. The molecule has 37 heavy (non-hydrogen) atoms. The van der Waals surface area contributed by atoms with Gasteiger partial charge in [-0.05, 0) is 42.3 Å². The molecule has 1 saturated heterocycles. The number of carbonyl (C=O) groups is 2. The Hall–Kier alpha value is -3.60. The van der Waals surface area contributed by atoms with Crippen molar-refractivity contribution in [3.63, 3.8) is 0 Å². The van der Waals surface area contributed by atoms with E-state index in [1.165, 1.54) is 49.6 Å². The number of methoxy groups -OCH3 is 1. The monoisotopic (exact) mass is 526 g/mol. The van der Waals surface area contributed by atoms with Crippen LogP contribution < -0.4 is 14.8 Å². The molecule has 0 aliphatic carbocycles. The van der Waals surface area contributed by atoms with Crippen LogP contribution in [0.4, 0.5) is 4.39 Å². The lowest BCUT2D eigenvalue weighted by atomic mass is 9.97. The van der Waals surface area contributed by atoms with Gasteiger partial charge in [0, 0.05) is 23.6 Å². The third-order valence-corrected chi connectivity index (χ3v) is 7.49. The number of amides is 1. The van der Waals surface area contributed by atoms with Crippen LogP contribution >= 0.6 is 0 Å². The molecule has 1 fully saturated rings. The van der Waals surface area contributed by atoms with E-state index in [1.54, 1.807) is 0 Å². The molecular formula is C27H27FN2O6S. The fourth-order valence-corrected chi connectivity index (χ4v) is 5.10. The quantitative estimate of drug-likeness (QED) is 0.398. The lowest BCUT2D eigenvalue weighted by Gasteiger charge is -2.26. The Bertz CT molecular complexity index is 1360. The van der Waals surface area contributed by atoms with Crippen LogP contribution in [0.5, 0.6) is 5.75 Å². The van der Waals surface area contributed by atoms with Crippen LogP contribution in [-0.2, 0) is 32.4 Å². The lowest BCUT2D eigenvalue weighted by Crippen LogP contribution is -2.48. The van der Waals surface area contributed by atoms with Gasteiger partial charge in [0.2, 0.25) is 10.0 Å². The Labute approximate surface area is 214 Å². The number of rotatable bonds is 11. The molecule has 194 valence electrons. The Balaban J connectivity index is 1.54. The van der Waals surface area contributed by atoms with E-state index < -0.39 is 27.8 Å². The van der Waals surface area contributed by atoms with Crippen LogP contribution in [0.2, 0.25) is 0 Å². The van der Waals surface area contributed by atoms with E-state index in [2.05, 4.69) is 10.0 Å². The predicted octanol–water partition coefficient (Wildman–Crippen LogP) is 2.66. The highest BCUT2D eigenvalue weighted by Gasteiger charge is 2.27. The van der Waals surface area contributed by atoms with Crippen LogP contribution in [0.15, 0.2) is 77.7 Å². The van der Waals surface area contributed by atoms with Gasteiger partial charge in [-0.15, -0.1) is 0 Å². The molecule has 0 saturated carbocycles. The first-order chi connectivity index (χ1) is 17.7. The molecule has 0 bridgehead atoms. The highest BCUT2D eigenvalue weighted by molar-refractivity contribution is 7.89. The molecule has 1 atom stereocenters. The topological polar surface area (TPSA) is 111 Å². The summed E-state index contributed by atoms with van der Waals surface area (Å²) in [4.78, 5) is 26.2. The van der Waals surface area contributed by atoms with E-state index in [-0.39, 0.29) is 40.9 Å². The second-order valence-electron chi connectivity index (χ2n) is 8.70. The van der Waals surface area contributed by atoms with Crippen molar-refractivity contribution in [1.29, 1.82) is 0 Å². The van der Waals surface area contributed by atoms with Gasteiger partial charge in [0.15, 0.2) is 5.78 Å². The van der Waals surface area contributed by atoms with Crippen molar-refractivity contribution in [1.82, 2.24) is 10.0 Å². The highest BCUT2D eigenvalue weighted by atomic mass is 32.2. The van der Waals surface area contributed by atoms with E-state index in [4.69, 9.17) is 9.47 Å². The van der Waals surface area contributed by atoms with Gasteiger partial charge in [0.1, 0.15) is 11.6 Å². The summed E-state index contributed by atoms with van der Waals surface area (Å²) in [5, 5.41) is 2.76. The zero-order chi connectivity index (χ0) is 26.4. The lowest BCUT2D eigenvalue weighted by molar-refractivity contribution is -0.120. The molecule has 4 rings (SSSR count). The summed E-state index contributed by atoms with van der Waals surface area (Å²) in [6.45, 7) is 0.630. The summed E-state index contributed by atoms with van der Waals surface area (Å²) < 4.78 is 51.6. The van der Waals surface area contributed by atoms with Gasteiger partial charge >= 0.3 is 0 Å². The molecule has 10 heteroatoms. The van der Waals surface area contributed by atoms with Gasteiger partial charge in [0.05, 0.1) is 37.3 Å². The molecule has 0 aromatic heterocycles. The number of nitrogens with one attached hydrogen (secondary N) is 2. The smallest absolute Gasteiger partial charge is 0.251 e. The van der Waals surface area contributed by atoms with E-state index >= 15 is 0 Å². The first-order valence-electron chi connectivity index (χ1n) is 11.7. The molecule has 1 aliphatic heterocycles. The van der Waals surface area contributed by atoms with Crippen LogP contribution in [0, 0.1) is 5.82 Å². The van der Waals surface area contributed by atoms with Gasteiger partial charge in [-0.25, -0.2) is 17.5 Å². The maximum Gasteiger partial charge on any atom is 0.251 e. The predicted molar refractivity (Wildman–Crippen MR) is 134 cm³/mol. The maximum atomic E-state index is 13.4. The van der Waals surface area contributed by atoms with Gasteiger partial charge < -0.3 is 14.8 Å². The zero-order valence-corrected chi connectivity index (χ0v) is 21.0. The summed E-state index contributed by atoms with van der Waals surface area (Å²) in [6.07, 6.45) is 0.142. The summed E-state index contributed by atoms with van der Waals surface area (Å²) in [7, 11) is -2.39. The van der Waals surface area contributed by atoms with Crippen molar-refractivity contribution in [3.05, 3.63) is 95.3 Å². The Morgan fingerprint density at radius 2 is 1.76 bits per heavy atom. The molecule has 3 aromatic carbocycles. The van der Waals surface area contributed by atoms with Crippen molar-refractivity contribution in [3.8, 4) is 5.75 Å². The Kier molecular flexibility index (Phi) is 8.32. The molecule has 3 aromatic rings. The minimum atomic E-state index is -3.78. The number of ketones is 1. The number of hydrogen-bond donors (Lipinski definition) is 2.